The molecule has 3 aromatic rings. The van der Waals surface area contributed by atoms with E-state index >= 15 is 0 Å². The van der Waals surface area contributed by atoms with Crippen molar-refractivity contribution in [3.8, 4) is 11.1 Å². The molecule has 1 amide bonds. The molecule has 0 spiro atoms. The summed E-state index contributed by atoms with van der Waals surface area (Å²) in [6, 6.07) is 16.7. The minimum Gasteiger partial charge on any atom is -0.351 e. The highest BCUT2D eigenvalue weighted by atomic mass is 16.1. The molecular formula is C23H27N3O. The molecule has 4 rings (SSSR count). The van der Waals surface area contributed by atoms with E-state index in [1.165, 1.54) is 17.5 Å². The first-order chi connectivity index (χ1) is 13.1. The van der Waals surface area contributed by atoms with Gasteiger partial charge in [-0.1, -0.05) is 42.0 Å². The van der Waals surface area contributed by atoms with Gasteiger partial charge in [-0.05, 0) is 67.8 Å². The van der Waals surface area contributed by atoms with Crippen LogP contribution in [0.3, 0.4) is 0 Å². The Morgan fingerprint density at radius 1 is 1.07 bits per heavy atom. The smallest absolute Gasteiger partial charge is 0.267 e. The van der Waals surface area contributed by atoms with Crippen LogP contribution in [-0.2, 0) is 0 Å². The van der Waals surface area contributed by atoms with Crippen LogP contribution < -0.4 is 11.1 Å². The lowest BCUT2D eigenvalue weighted by Crippen LogP contribution is -2.28. The molecule has 4 N–H and O–H groups in total. The number of carbonyl (C=O) groups excluding carboxylic acids is 1. The summed E-state index contributed by atoms with van der Waals surface area (Å²) in [5.74, 6) is 1.15. The Bertz CT molecular complexity index is 942. The lowest BCUT2D eigenvalue weighted by Gasteiger charge is -2.11. The number of nitrogens with two attached hydrogens (primary N) is 1. The van der Waals surface area contributed by atoms with Gasteiger partial charge in [0.05, 0.1) is 0 Å². The molecule has 0 bridgehead atoms. The molecule has 0 unspecified atom stereocenters. The normalized spacial score (nSPS) is 19.5. The molecule has 0 radical (unpaired) electrons. The fourth-order valence-electron chi connectivity index (χ4n) is 4.09. The van der Waals surface area contributed by atoms with E-state index in [4.69, 9.17) is 5.73 Å². The van der Waals surface area contributed by atoms with Crippen molar-refractivity contribution in [2.45, 2.75) is 26.2 Å². The molecule has 1 saturated carbocycles. The van der Waals surface area contributed by atoms with E-state index < -0.39 is 0 Å². The van der Waals surface area contributed by atoms with E-state index in [1.807, 2.05) is 6.07 Å². The Labute approximate surface area is 160 Å². The minimum absolute atomic E-state index is 0.0284. The van der Waals surface area contributed by atoms with E-state index in [9.17, 15) is 4.79 Å². The van der Waals surface area contributed by atoms with Gasteiger partial charge in [0.15, 0.2) is 0 Å². The van der Waals surface area contributed by atoms with Crippen molar-refractivity contribution >= 4 is 16.8 Å². The summed E-state index contributed by atoms with van der Waals surface area (Å²) < 4.78 is 0. The maximum atomic E-state index is 12.5. The number of nitrogens with one attached hydrogen (secondary N) is 2. The fraction of sp³-hybridized carbons (Fsp3) is 0.348. The molecule has 1 aliphatic rings. The van der Waals surface area contributed by atoms with Gasteiger partial charge < -0.3 is 16.0 Å². The number of fused-ring (bicyclic) bond motifs is 1. The number of benzene rings is 2. The third kappa shape index (κ3) is 3.91. The summed E-state index contributed by atoms with van der Waals surface area (Å²) in [5.41, 5.74) is 10.9. The number of aromatic amines is 1. The SMILES string of the molecule is Cc1ccc(-c2ccc3cc(C(=O)NC[C@@H]4CC[C@@H](CN)C4)[nH]c3c2)cc1. The number of aromatic nitrogens is 1. The highest BCUT2D eigenvalue weighted by Gasteiger charge is 2.24. The predicted molar refractivity (Wildman–Crippen MR) is 111 cm³/mol. The van der Waals surface area contributed by atoms with Crippen LogP contribution in [0.1, 0.15) is 35.3 Å². The number of carbonyl (C=O) groups is 1. The van der Waals surface area contributed by atoms with E-state index in [2.05, 4.69) is 59.7 Å². The highest BCUT2D eigenvalue weighted by molar-refractivity contribution is 5.98. The maximum absolute atomic E-state index is 12.5. The lowest BCUT2D eigenvalue weighted by atomic mass is 10.0. The summed E-state index contributed by atoms with van der Waals surface area (Å²) >= 11 is 0. The van der Waals surface area contributed by atoms with Crippen molar-refractivity contribution in [1.29, 1.82) is 0 Å². The monoisotopic (exact) mass is 361 g/mol. The second kappa shape index (κ2) is 7.57. The van der Waals surface area contributed by atoms with E-state index in [1.54, 1.807) is 0 Å². The zero-order chi connectivity index (χ0) is 18.8. The van der Waals surface area contributed by atoms with Gasteiger partial charge in [0.1, 0.15) is 5.69 Å². The number of hydrogen-bond acceptors (Lipinski definition) is 2. The third-order valence-electron chi connectivity index (χ3n) is 5.79. The van der Waals surface area contributed by atoms with Crippen LogP contribution in [0.4, 0.5) is 0 Å². The van der Waals surface area contributed by atoms with Crippen molar-refractivity contribution < 1.29 is 4.79 Å². The van der Waals surface area contributed by atoms with Crippen LogP contribution in [-0.4, -0.2) is 24.0 Å². The Kier molecular flexibility index (Phi) is 4.99. The van der Waals surface area contributed by atoms with Gasteiger partial charge in [0.25, 0.3) is 5.91 Å². The highest BCUT2D eigenvalue weighted by Crippen LogP contribution is 2.29. The van der Waals surface area contributed by atoms with Crippen molar-refractivity contribution in [3.05, 3.63) is 59.8 Å². The van der Waals surface area contributed by atoms with E-state index in [0.717, 1.165) is 42.4 Å². The van der Waals surface area contributed by atoms with Crippen LogP contribution >= 0.6 is 0 Å². The molecule has 1 fully saturated rings. The molecule has 4 nitrogen and oxygen atoms in total. The largest absolute Gasteiger partial charge is 0.351 e. The average Bonchev–Trinajstić information content (AvgIpc) is 3.32. The Morgan fingerprint density at radius 3 is 2.56 bits per heavy atom. The van der Waals surface area contributed by atoms with Gasteiger partial charge in [-0.2, -0.15) is 0 Å². The number of H-pyrrole nitrogens is 1. The fourth-order valence-corrected chi connectivity index (χ4v) is 4.09. The van der Waals surface area contributed by atoms with Gasteiger partial charge in [0.2, 0.25) is 0 Å². The summed E-state index contributed by atoms with van der Waals surface area (Å²) in [6.07, 6.45) is 3.48. The molecule has 1 aliphatic carbocycles. The first-order valence-corrected chi connectivity index (χ1v) is 9.80. The molecule has 1 heterocycles. The molecule has 140 valence electrons. The van der Waals surface area contributed by atoms with Gasteiger partial charge in [0, 0.05) is 17.4 Å². The van der Waals surface area contributed by atoms with Crippen LogP contribution in [0.2, 0.25) is 0 Å². The maximum Gasteiger partial charge on any atom is 0.267 e. The molecule has 2 aromatic carbocycles. The number of aryl methyl sites for hydroxylation is 1. The lowest BCUT2D eigenvalue weighted by molar-refractivity contribution is 0.0943. The van der Waals surface area contributed by atoms with Crippen molar-refractivity contribution in [3.63, 3.8) is 0 Å². The van der Waals surface area contributed by atoms with Crippen LogP contribution in [0.25, 0.3) is 22.0 Å². The number of amides is 1. The zero-order valence-electron chi connectivity index (χ0n) is 15.8. The Balaban J connectivity index is 1.46. The van der Waals surface area contributed by atoms with E-state index in [0.29, 0.717) is 17.5 Å². The average molecular weight is 361 g/mol. The molecular weight excluding hydrogens is 334 g/mol. The summed E-state index contributed by atoms with van der Waals surface area (Å²) in [4.78, 5) is 15.8. The topological polar surface area (TPSA) is 70.9 Å². The molecule has 4 heteroatoms. The summed E-state index contributed by atoms with van der Waals surface area (Å²) in [6.45, 7) is 3.58. The molecule has 2 atom stereocenters. The summed E-state index contributed by atoms with van der Waals surface area (Å²) in [7, 11) is 0. The Morgan fingerprint density at radius 2 is 1.81 bits per heavy atom. The van der Waals surface area contributed by atoms with Gasteiger partial charge in [-0.15, -0.1) is 0 Å². The predicted octanol–water partition coefficient (Wildman–Crippen LogP) is 4.25. The molecule has 1 aromatic heterocycles. The molecule has 0 saturated heterocycles. The number of hydrogen-bond donors (Lipinski definition) is 3. The van der Waals surface area contributed by atoms with E-state index in [-0.39, 0.29) is 5.91 Å². The van der Waals surface area contributed by atoms with Gasteiger partial charge in [-0.25, -0.2) is 0 Å². The van der Waals surface area contributed by atoms with Crippen molar-refractivity contribution in [2.75, 3.05) is 13.1 Å². The Hall–Kier alpha value is -2.59. The third-order valence-corrected chi connectivity index (χ3v) is 5.79. The summed E-state index contributed by atoms with van der Waals surface area (Å²) in [5, 5.41) is 4.14. The minimum atomic E-state index is -0.0284. The zero-order valence-corrected chi connectivity index (χ0v) is 15.8. The molecule has 0 aliphatic heterocycles. The standard InChI is InChI=1S/C23H27N3O/c1-15-2-6-18(7-3-15)19-8-9-20-12-22(26-21(20)11-19)23(27)25-14-17-5-4-16(10-17)13-24/h2-3,6-9,11-12,16-17,26H,4-5,10,13-14,24H2,1H3,(H,25,27)/t16-,17-/m1/s1. The first kappa shape index (κ1) is 17.8. The van der Waals surface area contributed by atoms with Gasteiger partial charge in [-0.3, -0.25) is 4.79 Å². The second-order valence-corrected chi connectivity index (χ2v) is 7.84. The van der Waals surface area contributed by atoms with Crippen LogP contribution in [0.5, 0.6) is 0 Å². The second-order valence-electron chi connectivity index (χ2n) is 7.84. The van der Waals surface area contributed by atoms with Gasteiger partial charge >= 0.3 is 0 Å². The van der Waals surface area contributed by atoms with Crippen LogP contribution in [0.15, 0.2) is 48.5 Å². The van der Waals surface area contributed by atoms with Crippen molar-refractivity contribution in [1.82, 2.24) is 10.3 Å². The number of rotatable bonds is 5. The van der Waals surface area contributed by atoms with Crippen molar-refractivity contribution in [2.24, 2.45) is 17.6 Å². The quantitative estimate of drug-likeness (QED) is 0.636. The molecule has 27 heavy (non-hydrogen) atoms. The van der Waals surface area contributed by atoms with Crippen LogP contribution in [0, 0.1) is 18.8 Å². The first-order valence-electron chi connectivity index (χ1n) is 9.80.